The highest BCUT2D eigenvalue weighted by Gasteiger charge is 2.13. The summed E-state index contributed by atoms with van der Waals surface area (Å²) in [5.74, 6) is -0.545. The minimum atomic E-state index is -4.37. The van der Waals surface area contributed by atoms with Crippen molar-refractivity contribution < 1.29 is 22.9 Å². The number of nitrogens with one attached hydrogen (secondary N) is 1. The lowest BCUT2D eigenvalue weighted by Gasteiger charge is -2.09. The first kappa shape index (κ1) is 16.7. The summed E-state index contributed by atoms with van der Waals surface area (Å²) < 4.78 is 31.6. The summed E-state index contributed by atoms with van der Waals surface area (Å²) in [5.41, 5.74) is 6.75. The van der Waals surface area contributed by atoms with E-state index in [-0.39, 0.29) is 16.3 Å². The van der Waals surface area contributed by atoms with E-state index in [4.69, 9.17) is 10.3 Å². The van der Waals surface area contributed by atoms with E-state index in [1.807, 2.05) is 0 Å². The minimum Gasteiger partial charge on any atom is -0.507 e. The average Bonchev–Trinajstić information content (AvgIpc) is 2.54. The van der Waals surface area contributed by atoms with Gasteiger partial charge in [0.2, 0.25) is 0 Å². The zero-order chi connectivity index (χ0) is 18.2. The molecule has 25 heavy (non-hydrogen) atoms. The second-order valence-corrected chi connectivity index (χ2v) is 6.85. The van der Waals surface area contributed by atoms with Gasteiger partial charge in [0, 0.05) is 28.4 Å². The molecule has 7 nitrogen and oxygen atoms in total. The molecule has 0 unspecified atom stereocenters. The predicted octanol–water partition coefficient (Wildman–Crippen LogP) is 2.63. The molecule has 0 atom stereocenters. The van der Waals surface area contributed by atoms with E-state index in [0.29, 0.717) is 22.0 Å². The normalized spacial score (nSPS) is 11.4. The van der Waals surface area contributed by atoms with Crippen LogP contribution in [0.1, 0.15) is 10.4 Å². The molecule has 0 aromatic heterocycles. The van der Waals surface area contributed by atoms with E-state index in [1.165, 1.54) is 30.3 Å². The fourth-order valence-corrected chi connectivity index (χ4v) is 2.91. The van der Waals surface area contributed by atoms with E-state index >= 15 is 0 Å². The molecule has 0 saturated carbocycles. The van der Waals surface area contributed by atoms with Crippen LogP contribution in [-0.4, -0.2) is 24.0 Å². The standard InChI is InChI=1S/C17H14N2O5S/c18-12-3-1-10(2-4-12)17(21)19-13-7-11-8-14(25(22,23)24)5-6-15(11)16(20)9-13/h1-9,20H,18H2,(H,19,21)(H,22,23,24). The van der Waals surface area contributed by atoms with Gasteiger partial charge in [-0.15, -0.1) is 0 Å². The van der Waals surface area contributed by atoms with Crippen molar-refractivity contribution in [3.8, 4) is 5.75 Å². The zero-order valence-corrected chi connectivity index (χ0v) is 13.6. The van der Waals surface area contributed by atoms with Gasteiger partial charge in [0.15, 0.2) is 0 Å². The average molecular weight is 358 g/mol. The number of amides is 1. The highest BCUT2D eigenvalue weighted by atomic mass is 32.2. The second-order valence-electron chi connectivity index (χ2n) is 5.43. The van der Waals surface area contributed by atoms with Crippen molar-refractivity contribution in [2.45, 2.75) is 4.90 Å². The first-order valence-corrected chi connectivity index (χ1v) is 8.59. The van der Waals surface area contributed by atoms with Crippen molar-refractivity contribution in [2.75, 3.05) is 11.1 Å². The molecule has 3 aromatic carbocycles. The van der Waals surface area contributed by atoms with Crippen LogP contribution in [0.2, 0.25) is 0 Å². The molecule has 0 spiro atoms. The number of carbonyl (C=O) groups excluding carboxylic acids is 1. The number of nitrogens with two attached hydrogens (primary N) is 1. The summed E-state index contributed by atoms with van der Waals surface area (Å²) in [6.45, 7) is 0. The Morgan fingerprint density at radius 2 is 1.68 bits per heavy atom. The quantitative estimate of drug-likeness (QED) is 0.421. The third-order valence-corrected chi connectivity index (χ3v) is 4.48. The molecule has 1 amide bonds. The number of nitrogen functional groups attached to an aromatic ring is 1. The molecule has 8 heteroatoms. The Hall–Kier alpha value is -3.10. The third kappa shape index (κ3) is 3.54. The molecular weight excluding hydrogens is 344 g/mol. The molecule has 0 heterocycles. The van der Waals surface area contributed by atoms with E-state index in [1.54, 1.807) is 24.3 Å². The van der Waals surface area contributed by atoms with Gasteiger partial charge in [-0.25, -0.2) is 0 Å². The van der Waals surface area contributed by atoms with Gasteiger partial charge in [0.1, 0.15) is 5.75 Å². The summed E-state index contributed by atoms with van der Waals surface area (Å²) in [6, 6.07) is 12.9. The van der Waals surface area contributed by atoms with Crippen molar-refractivity contribution in [3.05, 3.63) is 60.2 Å². The summed E-state index contributed by atoms with van der Waals surface area (Å²) in [4.78, 5) is 11.9. The monoisotopic (exact) mass is 358 g/mol. The van der Waals surface area contributed by atoms with Crippen LogP contribution >= 0.6 is 0 Å². The van der Waals surface area contributed by atoms with Crippen LogP contribution in [0.5, 0.6) is 5.75 Å². The Kier molecular flexibility index (Phi) is 4.07. The van der Waals surface area contributed by atoms with Crippen LogP contribution in [0.15, 0.2) is 59.5 Å². The summed E-state index contributed by atoms with van der Waals surface area (Å²) >= 11 is 0. The second kappa shape index (κ2) is 6.08. The number of hydrogen-bond donors (Lipinski definition) is 4. The zero-order valence-electron chi connectivity index (χ0n) is 12.8. The molecule has 0 saturated heterocycles. The van der Waals surface area contributed by atoms with Crippen molar-refractivity contribution in [1.82, 2.24) is 0 Å². The van der Waals surface area contributed by atoms with Crippen LogP contribution in [0.25, 0.3) is 10.8 Å². The molecule has 0 aliphatic heterocycles. The number of phenols is 1. The highest BCUT2D eigenvalue weighted by molar-refractivity contribution is 7.85. The fraction of sp³-hybridized carbons (Fsp3) is 0. The lowest BCUT2D eigenvalue weighted by Crippen LogP contribution is -2.11. The van der Waals surface area contributed by atoms with Crippen LogP contribution in [0.4, 0.5) is 11.4 Å². The predicted molar refractivity (Wildman–Crippen MR) is 94.2 cm³/mol. The fourth-order valence-electron chi connectivity index (χ4n) is 2.40. The number of rotatable bonds is 3. The maximum atomic E-state index is 12.2. The van der Waals surface area contributed by atoms with Crippen LogP contribution in [-0.2, 0) is 10.1 Å². The van der Waals surface area contributed by atoms with E-state index in [9.17, 15) is 18.3 Å². The molecular formula is C17H14N2O5S. The molecule has 3 rings (SSSR count). The molecule has 3 aromatic rings. The molecule has 0 radical (unpaired) electrons. The number of carbonyl (C=O) groups is 1. The molecule has 5 N–H and O–H groups in total. The van der Waals surface area contributed by atoms with E-state index in [2.05, 4.69) is 5.32 Å². The Bertz CT molecular complexity index is 1080. The van der Waals surface area contributed by atoms with E-state index < -0.39 is 16.0 Å². The lowest BCUT2D eigenvalue weighted by molar-refractivity contribution is 0.102. The van der Waals surface area contributed by atoms with Gasteiger partial charge in [-0.2, -0.15) is 8.42 Å². The lowest BCUT2D eigenvalue weighted by atomic mass is 10.1. The van der Waals surface area contributed by atoms with Crippen LogP contribution in [0, 0.1) is 0 Å². The van der Waals surface area contributed by atoms with Crippen molar-refractivity contribution in [1.29, 1.82) is 0 Å². The number of benzene rings is 3. The molecule has 128 valence electrons. The summed E-state index contributed by atoms with van der Waals surface area (Å²) in [5, 5.41) is 13.4. The van der Waals surface area contributed by atoms with E-state index in [0.717, 1.165) is 0 Å². The number of aromatic hydroxyl groups is 1. The molecule has 0 fully saturated rings. The molecule has 0 aliphatic carbocycles. The number of phenolic OH excluding ortho intramolecular Hbond substituents is 1. The highest BCUT2D eigenvalue weighted by Crippen LogP contribution is 2.31. The SMILES string of the molecule is Nc1ccc(C(=O)Nc2cc(O)c3ccc(S(=O)(=O)O)cc3c2)cc1. The van der Waals surface area contributed by atoms with Gasteiger partial charge >= 0.3 is 0 Å². The Balaban J connectivity index is 1.99. The van der Waals surface area contributed by atoms with Gasteiger partial charge < -0.3 is 16.2 Å². The summed E-state index contributed by atoms with van der Waals surface area (Å²) in [7, 11) is -4.37. The Labute approximate surface area is 143 Å². The maximum absolute atomic E-state index is 12.2. The maximum Gasteiger partial charge on any atom is 0.294 e. The number of anilines is 2. The third-order valence-electron chi connectivity index (χ3n) is 3.63. The number of fused-ring (bicyclic) bond motifs is 1. The molecule has 0 aliphatic rings. The van der Waals surface area contributed by atoms with Gasteiger partial charge in [-0.3, -0.25) is 9.35 Å². The first-order chi connectivity index (χ1) is 11.7. The van der Waals surface area contributed by atoms with Gasteiger partial charge in [-0.05, 0) is 53.9 Å². The van der Waals surface area contributed by atoms with Crippen molar-refractivity contribution in [3.63, 3.8) is 0 Å². The largest absolute Gasteiger partial charge is 0.507 e. The van der Waals surface area contributed by atoms with Crippen molar-refractivity contribution >= 4 is 38.2 Å². The summed E-state index contributed by atoms with van der Waals surface area (Å²) in [6.07, 6.45) is 0. The van der Waals surface area contributed by atoms with Gasteiger partial charge in [0.05, 0.1) is 4.90 Å². The smallest absolute Gasteiger partial charge is 0.294 e. The Morgan fingerprint density at radius 3 is 2.32 bits per heavy atom. The molecule has 0 bridgehead atoms. The van der Waals surface area contributed by atoms with Crippen LogP contribution in [0.3, 0.4) is 0 Å². The minimum absolute atomic E-state index is 0.132. The van der Waals surface area contributed by atoms with Gasteiger partial charge in [0.25, 0.3) is 16.0 Å². The number of hydrogen-bond acceptors (Lipinski definition) is 5. The topological polar surface area (TPSA) is 130 Å². The first-order valence-electron chi connectivity index (χ1n) is 7.15. The van der Waals surface area contributed by atoms with Crippen LogP contribution < -0.4 is 11.1 Å². The van der Waals surface area contributed by atoms with Crippen molar-refractivity contribution in [2.24, 2.45) is 0 Å². The van der Waals surface area contributed by atoms with Gasteiger partial charge in [-0.1, -0.05) is 0 Å². The Morgan fingerprint density at radius 1 is 1.00 bits per heavy atom.